The first-order valence-corrected chi connectivity index (χ1v) is 11.0. The molecule has 1 heterocycles. The van der Waals surface area contributed by atoms with Gasteiger partial charge >= 0.3 is 0 Å². The summed E-state index contributed by atoms with van der Waals surface area (Å²) in [5.41, 5.74) is 5.47. The molecule has 30 heavy (non-hydrogen) atoms. The Hall–Kier alpha value is -2.68. The molecular weight excluding hydrogens is 404 g/mol. The van der Waals surface area contributed by atoms with E-state index in [2.05, 4.69) is 0 Å². The fraction of sp³-hybridized carbons (Fsp3) is 0.318. The standard InChI is InChI=1S/C22H26N2O5S/c1-22(2,21(25)23-26)30(27,28)24-13-11-16(12-14-24)18-9-10-19(20(15-18)29-3)17-7-5-4-6-8-17/h4-11,15,26H,12-14H2,1-3H3,(H,23,25). The third-order valence-electron chi connectivity index (χ3n) is 5.46. The van der Waals surface area contributed by atoms with Gasteiger partial charge in [0.25, 0.3) is 5.91 Å². The van der Waals surface area contributed by atoms with Crippen LogP contribution in [0.1, 0.15) is 25.8 Å². The van der Waals surface area contributed by atoms with E-state index in [4.69, 9.17) is 9.94 Å². The summed E-state index contributed by atoms with van der Waals surface area (Å²) in [4.78, 5) is 11.8. The number of benzene rings is 2. The molecule has 160 valence electrons. The second-order valence-electron chi connectivity index (χ2n) is 7.57. The van der Waals surface area contributed by atoms with Crippen LogP contribution in [0.5, 0.6) is 5.75 Å². The number of rotatable bonds is 6. The van der Waals surface area contributed by atoms with Crippen LogP contribution in [0.15, 0.2) is 54.6 Å². The molecule has 3 rings (SSSR count). The van der Waals surface area contributed by atoms with Gasteiger partial charge in [0.05, 0.1) is 7.11 Å². The van der Waals surface area contributed by atoms with Gasteiger partial charge in [0.1, 0.15) is 5.75 Å². The van der Waals surface area contributed by atoms with Crippen LogP contribution < -0.4 is 10.2 Å². The van der Waals surface area contributed by atoms with E-state index in [9.17, 15) is 13.2 Å². The molecule has 1 aliphatic heterocycles. The molecule has 8 heteroatoms. The Morgan fingerprint density at radius 3 is 2.40 bits per heavy atom. The Labute approximate surface area is 177 Å². The van der Waals surface area contributed by atoms with Gasteiger partial charge in [-0.15, -0.1) is 0 Å². The molecule has 0 spiro atoms. The molecule has 0 radical (unpaired) electrons. The van der Waals surface area contributed by atoms with Crippen LogP contribution in [0.25, 0.3) is 16.7 Å². The topological polar surface area (TPSA) is 95.9 Å². The zero-order chi connectivity index (χ0) is 21.9. The van der Waals surface area contributed by atoms with E-state index in [0.29, 0.717) is 6.42 Å². The summed E-state index contributed by atoms with van der Waals surface area (Å²) >= 11 is 0. The third kappa shape index (κ3) is 3.98. The number of carbonyl (C=O) groups is 1. The maximum Gasteiger partial charge on any atom is 0.265 e. The number of methoxy groups -OCH3 is 1. The summed E-state index contributed by atoms with van der Waals surface area (Å²) in [5, 5.41) is 8.87. The Balaban J connectivity index is 1.84. The summed E-state index contributed by atoms with van der Waals surface area (Å²) in [6.45, 7) is 2.96. The number of hydrogen-bond acceptors (Lipinski definition) is 5. The molecule has 0 aromatic heterocycles. The van der Waals surface area contributed by atoms with E-state index in [1.165, 1.54) is 23.6 Å². The number of nitrogens with one attached hydrogen (secondary N) is 1. The van der Waals surface area contributed by atoms with Crippen molar-refractivity contribution in [1.29, 1.82) is 0 Å². The van der Waals surface area contributed by atoms with E-state index in [-0.39, 0.29) is 13.1 Å². The van der Waals surface area contributed by atoms with Gasteiger partial charge in [0, 0.05) is 18.7 Å². The van der Waals surface area contributed by atoms with Crippen LogP contribution in [0.3, 0.4) is 0 Å². The van der Waals surface area contributed by atoms with Crippen molar-refractivity contribution < 1.29 is 23.2 Å². The molecule has 2 aromatic carbocycles. The van der Waals surface area contributed by atoms with Gasteiger partial charge in [0.15, 0.2) is 4.75 Å². The van der Waals surface area contributed by atoms with Gasteiger partial charge in [-0.3, -0.25) is 10.0 Å². The monoisotopic (exact) mass is 430 g/mol. The molecule has 7 nitrogen and oxygen atoms in total. The van der Waals surface area contributed by atoms with E-state index in [1.54, 1.807) is 7.11 Å². The van der Waals surface area contributed by atoms with Crippen molar-refractivity contribution in [3.8, 4) is 16.9 Å². The predicted octanol–water partition coefficient (Wildman–Crippen LogP) is 3.07. The Bertz CT molecular complexity index is 1060. The van der Waals surface area contributed by atoms with Crippen molar-refractivity contribution in [3.63, 3.8) is 0 Å². The Morgan fingerprint density at radius 1 is 1.13 bits per heavy atom. The minimum Gasteiger partial charge on any atom is -0.496 e. The highest BCUT2D eigenvalue weighted by molar-refractivity contribution is 7.91. The molecule has 2 aromatic rings. The average molecular weight is 431 g/mol. The van der Waals surface area contributed by atoms with Gasteiger partial charge in [-0.2, -0.15) is 4.31 Å². The maximum atomic E-state index is 12.9. The largest absolute Gasteiger partial charge is 0.496 e. The maximum absolute atomic E-state index is 12.9. The number of nitrogens with zero attached hydrogens (tertiary/aromatic N) is 1. The molecule has 0 bridgehead atoms. The van der Waals surface area contributed by atoms with Crippen LogP contribution >= 0.6 is 0 Å². The Kier molecular flexibility index (Phi) is 6.30. The zero-order valence-corrected chi connectivity index (χ0v) is 18.1. The van der Waals surface area contributed by atoms with E-state index < -0.39 is 20.7 Å². The minimum absolute atomic E-state index is 0.155. The third-order valence-corrected chi connectivity index (χ3v) is 7.95. The lowest BCUT2D eigenvalue weighted by Gasteiger charge is -2.32. The molecule has 1 amide bonds. The van der Waals surface area contributed by atoms with Gasteiger partial charge in [-0.05, 0) is 43.0 Å². The number of carbonyl (C=O) groups excluding carboxylic acids is 1. The highest BCUT2D eigenvalue weighted by Crippen LogP contribution is 2.35. The highest BCUT2D eigenvalue weighted by atomic mass is 32.2. The lowest BCUT2D eigenvalue weighted by molar-refractivity contribution is -0.131. The lowest BCUT2D eigenvalue weighted by Crippen LogP contribution is -2.54. The van der Waals surface area contributed by atoms with E-state index >= 15 is 0 Å². The van der Waals surface area contributed by atoms with Gasteiger partial charge in [0.2, 0.25) is 10.0 Å². The van der Waals surface area contributed by atoms with Crippen molar-refractivity contribution in [2.24, 2.45) is 0 Å². The molecular formula is C22H26N2O5S. The molecule has 0 saturated carbocycles. The van der Waals surface area contributed by atoms with Gasteiger partial charge in [-0.1, -0.05) is 48.5 Å². The first-order valence-electron chi connectivity index (χ1n) is 9.59. The number of sulfonamides is 1. The van der Waals surface area contributed by atoms with Crippen LogP contribution in [0.4, 0.5) is 0 Å². The SMILES string of the molecule is COc1cc(C2=CCN(S(=O)(=O)C(C)(C)C(=O)NO)CC2)ccc1-c1ccccc1. The molecule has 2 N–H and O–H groups in total. The van der Waals surface area contributed by atoms with Crippen LogP contribution in [-0.4, -0.2) is 48.8 Å². The Morgan fingerprint density at radius 2 is 1.83 bits per heavy atom. The van der Waals surface area contributed by atoms with Crippen LogP contribution in [0.2, 0.25) is 0 Å². The van der Waals surface area contributed by atoms with E-state index in [0.717, 1.165) is 28.0 Å². The lowest BCUT2D eigenvalue weighted by atomic mass is 9.96. The fourth-order valence-corrected chi connectivity index (χ4v) is 4.98. The van der Waals surface area contributed by atoms with Gasteiger partial charge in [-0.25, -0.2) is 13.9 Å². The molecule has 0 unspecified atom stereocenters. The molecule has 0 saturated heterocycles. The van der Waals surface area contributed by atoms with Gasteiger partial charge < -0.3 is 4.74 Å². The van der Waals surface area contributed by atoms with Crippen LogP contribution in [-0.2, 0) is 14.8 Å². The average Bonchev–Trinajstić information content (AvgIpc) is 2.78. The predicted molar refractivity (Wildman–Crippen MR) is 116 cm³/mol. The highest BCUT2D eigenvalue weighted by Gasteiger charge is 2.45. The fourth-order valence-electron chi connectivity index (χ4n) is 3.45. The summed E-state index contributed by atoms with van der Waals surface area (Å²) in [6, 6.07) is 15.9. The smallest absolute Gasteiger partial charge is 0.265 e. The van der Waals surface area contributed by atoms with Crippen molar-refractivity contribution in [2.75, 3.05) is 20.2 Å². The zero-order valence-electron chi connectivity index (χ0n) is 17.3. The second kappa shape index (κ2) is 8.59. The number of amides is 1. The first kappa shape index (κ1) is 22.0. The number of ether oxygens (including phenoxy) is 1. The summed E-state index contributed by atoms with van der Waals surface area (Å²) in [6.07, 6.45) is 2.36. The van der Waals surface area contributed by atoms with E-state index in [1.807, 2.05) is 54.6 Å². The number of hydrogen-bond donors (Lipinski definition) is 2. The van der Waals surface area contributed by atoms with Crippen LogP contribution in [0, 0.1) is 0 Å². The molecule has 0 aliphatic carbocycles. The molecule has 0 atom stereocenters. The van der Waals surface area contributed by atoms with Crippen molar-refractivity contribution >= 4 is 21.5 Å². The summed E-state index contributed by atoms with van der Waals surface area (Å²) in [5.74, 6) is -0.214. The first-order chi connectivity index (χ1) is 14.2. The molecule has 1 aliphatic rings. The van der Waals surface area contributed by atoms with Crippen molar-refractivity contribution in [3.05, 3.63) is 60.2 Å². The van der Waals surface area contributed by atoms with Crippen molar-refractivity contribution in [1.82, 2.24) is 9.79 Å². The minimum atomic E-state index is -3.94. The second-order valence-corrected chi connectivity index (χ2v) is 10.1. The summed E-state index contributed by atoms with van der Waals surface area (Å²) in [7, 11) is -2.31. The van der Waals surface area contributed by atoms with Crippen molar-refractivity contribution in [2.45, 2.75) is 25.0 Å². The summed E-state index contributed by atoms with van der Waals surface area (Å²) < 4.78 is 30.8. The molecule has 0 fully saturated rings. The normalized spacial score (nSPS) is 15.4. The number of hydroxylamine groups is 1. The quantitative estimate of drug-likeness (QED) is 0.542.